The van der Waals surface area contributed by atoms with Gasteiger partial charge in [-0.2, -0.15) is 8.78 Å². The van der Waals surface area contributed by atoms with E-state index < -0.39 is 18.3 Å². The predicted octanol–water partition coefficient (Wildman–Crippen LogP) is 1.86. The number of benzene rings is 1. The molecule has 0 unspecified atom stereocenters. The third kappa shape index (κ3) is 2.72. The number of aromatic carboxylic acids is 1. The summed E-state index contributed by atoms with van der Waals surface area (Å²) in [6.45, 7) is -3.07. The third-order valence-electron chi connectivity index (χ3n) is 1.58. The lowest BCUT2D eigenvalue weighted by Gasteiger charge is -2.10. The van der Waals surface area contributed by atoms with Crippen molar-refractivity contribution in [1.29, 1.82) is 0 Å². The molecule has 3 N–H and O–H groups in total. The lowest BCUT2D eigenvalue weighted by molar-refractivity contribution is -0.0495. The van der Waals surface area contributed by atoms with Crippen LogP contribution < -0.4 is 10.5 Å². The summed E-state index contributed by atoms with van der Waals surface area (Å²) in [5, 5.41) is 8.64. The molecule has 0 heterocycles. The van der Waals surface area contributed by atoms with Gasteiger partial charge in [-0.15, -0.1) is 12.6 Å². The SMILES string of the molecule is Nc1c(S)cc(C(=O)O)cc1OC(F)F. The lowest BCUT2D eigenvalue weighted by atomic mass is 10.2. The van der Waals surface area contributed by atoms with Crippen molar-refractivity contribution in [1.82, 2.24) is 0 Å². The van der Waals surface area contributed by atoms with Gasteiger partial charge in [-0.1, -0.05) is 0 Å². The summed E-state index contributed by atoms with van der Waals surface area (Å²) < 4.78 is 27.9. The number of nitrogens with two attached hydrogens (primary N) is 1. The van der Waals surface area contributed by atoms with Gasteiger partial charge in [0.2, 0.25) is 0 Å². The van der Waals surface area contributed by atoms with Crippen molar-refractivity contribution in [2.75, 3.05) is 5.73 Å². The molecule has 0 aromatic heterocycles. The molecule has 0 saturated heterocycles. The van der Waals surface area contributed by atoms with Crippen molar-refractivity contribution < 1.29 is 23.4 Å². The smallest absolute Gasteiger partial charge is 0.387 e. The Morgan fingerprint density at radius 3 is 2.60 bits per heavy atom. The second kappa shape index (κ2) is 4.35. The van der Waals surface area contributed by atoms with Gasteiger partial charge in [0.1, 0.15) is 0 Å². The van der Waals surface area contributed by atoms with Gasteiger partial charge in [-0.25, -0.2) is 4.79 Å². The number of nitrogen functional groups attached to an aromatic ring is 1. The number of rotatable bonds is 3. The molecule has 4 nitrogen and oxygen atoms in total. The third-order valence-corrected chi connectivity index (χ3v) is 1.95. The molecule has 1 aromatic rings. The highest BCUT2D eigenvalue weighted by Crippen LogP contribution is 2.31. The van der Waals surface area contributed by atoms with Gasteiger partial charge in [-0.05, 0) is 12.1 Å². The van der Waals surface area contributed by atoms with Gasteiger partial charge in [0.05, 0.1) is 11.3 Å². The predicted molar refractivity (Wildman–Crippen MR) is 51.7 cm³/mol. The van der Waals surface area contributed by atoms with Gasteiger partial charge in [0.15, 0.2) is 5.75 Å². The number of hydrogen-bond donors (Lipinski definition) is 3. The summed E-state index contributed by atoms with van der Waals surface area (Å²) in [4.78, 5) is 10.7. The number of ether oxygens (including phenoxy) is 1. The molecule has 15 heavy (non-hydrogen) atoms. The monoisotopic (exact) mass is 235 g/mol. The van der Waals surface area contributed by atoms with Crippen molar-refractivity contribution >= 4 is 24.3 Å². The first kappa shape index (κ1) is 11.6. The largest absolute Gasteiger partial charge is 0.478 e. The Balaban J connectivity index is 3.19. The molecule has 0 aliphatic rings. The van der Waals surface area contributed by atoms with Crippen molar-refractivity contribution in [3.05, 3.63) is 17.7 Å². The molecule has 0 aliphatic carbocycles. The highest BCUT2D eigenvalue weighted by Gasteiger charge is 2.14. The second-order valence-electron chi connectivity index (χ2n) is 2.59. The van der Waals surface area contributed by atoms with Gasteiger partial charge < -0.3 is 15.6 Å². The highest BCUT2D eigenvalue weighted by atomic mass is 32.1. The Morgan fingerprint density at radius 1 is 1.53 bits per heavy atom. The van der Waals surface area contributed by atoms with E-state index in [0.717, 1.165) is 12.1 Å². The fraction of sp³-hybridized carbons (Fsp3) is 0.125. The van der Waals surface area contributed by atoms with Gasteiger partial charge in [0, 0.05) is 4.90 Å². The molecule has 1 aromatic carbocycles. The van der Waals surface area contributed by atoms with E-state index in [-0.39, 0.29) is 16.1 Å². The van der Waals surface area contributed by atoms with Crippen LogP contribution in [0, 0.1) is 0 Å². The van der Waals surface area contributed by atoms with E-state index >= 15 is 0 Å². The Labute approximate surface area is 89.1 Å². The average molecular weight is 235 g/mol. The minimum atomic E-state index is -3.07. The second-order valence-corrected chi connectivity index (χ2v) is 3.07. The zero-order chi connectivity index (χ0) is 11.6. The standard InChI is InChI=1S/C8H7F2NO3S/c9-8(10)14-4-1-3(7(12)13)2-5(15)6(4)11/h1-2,8,15H,11H2,(H,12,13). The summed E-state index contributed by atoms with van der Waals surface area (Å²) in [6, 6.07) is 2.07. The quantitative estimate of drug-likeness (QED) is 0.552. The van der Waals surface area contributed by atoms with E-state index in [2.05, 4.69) is 17.4 Å². The number of carboxylic acid groups (broad SMARTS) is 1. The van der Waals surface area contributed by atoms with Crippen LogP contribution in [0.1, 0.15) is 10.4 Å². The van der Waals surface area contributed by atoms with Crippen LogP contribution >= 0.6 is 12.6 Å². The van der Waals surface area contributed by atoms with Crippen molar-refractivity contribution in [2.24, 2.45) is 0 Å². The molecule has 0 fully saturated rings. The van der Waals surface area contributed by atoms with E-state index in [4.69, 9.17) is 10.8 Å². The maximum absolute atomic E-state index is 11.9. The Morgan fingerprint density at radius 2 is 2.13 bits per heavy atom. The summed E-state index contributed by atoms with van der Waals surface area (Å²) in [5.41, 5.74) is 5.03. The zero-order valence-electron chi connectivity index (χ0n) is 7.28. The van der Waals surface area contributed by atoms with E-state index in [1.165, 1.54) is 0 Å². The molecule has 0 aliphatic heterocycles. The number of thiol groups is 1. The molecule has 1 rings (SSSR count). The molecule has 0 spiro atoms. The molecule has 0 saturated carbocycles. The Hall–Kier alpha value is -1.50. The maximum Gasteiger partial charge on any atom is 0.387 e. The van der Waals surface area contributed by atoms with E-state index in [1.807, 2.05) is 0 Å². The number of hydrogen-bond acceptors (Lipinski definition) is 4. The van der Waals surface area contributed by atoms with Crippen molar-refractivity contribution in [2.45, 2.75) is 11.5 Å². The number of carboxylic acids is 1. The first-order valence-electron chi connectivity index (χ1n) is 3.72. The fourth-order valence-corrected chi connectivity index (χ4v) is 1.18. The van der Waals surface area contributed by atoms with Gasteiger partial charge in [-0.3, -0.25) is 0 Å². The van der Waals surface area contributed by atoms with E-state index in [0.29, 0.717) is 0 Å². The summed E-state index contributed by atoms with van der Waals surface area (Å²) in [5.74, 6) is -1.67. The van der Waals surface area contributed by atoms with Crippen LogP contribution in [0.5, 0.6) is 5.75 Å². The molecule has 0 atom stereocenters. The maximum atomic E-state index is 11.9. The Bertz CT molecular complexity index is 398. The molecule has 7 heteroatoms. The number of carbonyl (C=O) groups is 1. The van der Waals surface area contributed by atoms with Crippen molar-refractivity contribution in [3.8, 4) is 5.75 Å². The van der Waals surface area contributed by atoms with Crippen LogP contribution in [-0.2, 0) is 0 Å². The molecular weight excluding hydrogens is 228 g/mol. The molecule has 0 bridgehead atoms. The Kier molecular flexibility index (Phi) is 3.35. The minimum absolute atomic E-state index is 0.0746. The zero-order valence-corrected chi connectivity index (χ0v) is 8.17. The summed E-state index contributed by atoms with van der Waals surface area (Å²) in [6.07, 6.45) is 0. The molecular formula is C8H7F2NO3S. The highest BCUT2D eigenvalue weighted by molar-refractivity contribution is 7.80. The first-order valence-corrected chi connectivity index (χ1v) is 4.17. The van der Waals surface area contributed by atoms with Gasteiger partial charge in [0.25, 0.3) is 0 Å². The van der Waals surface area contributed by atoms with Crippen LogP contribution in [0.15, 0.2) is 17.0 Å². The van der Waals surface area contributed by atoms with Crippen molar-refractivity contribution in [3.63, 3.8) is 0 Å². The molecule has 0 radical (unpaired) electrons. The lowest BCUT2D eigenvalue weighted by Crippen LogP contribution is -2.07. The number of halogens is 2. The van der Waals surface area contributed by atoms with E-state index in [9.17, 15) is 13.6 Å². The average Bonchev–Trinajstić information content (AvgIpc) is 2.11. The van der Waals surface area contributed by atoms with E-state index in [1.54, 1.807) is 0 Å². The summed E-state index contributed by atoms with van der Waals surface area (Å²) >= 11 is 3.84. The van der Waals surface area contributed by atoms with Crippen LogP contribution in [-0.4, -0.2) is 17.7 Å². The van der Waals surface area contributed by atoms with Crippen LogP contribution in [0.3, 0.4) is 0 Å². The van der Waals surface area contributed by atoms with Gasteiger partial charge >= 0.3 is 12.6 Å². The molecule has 0 amide bonds. The number of anilines is 1. The number of alkyl halides is 2. The van der Waals surface area contributed by atoms with Crippen LogP contribution in [0.25, 0.3) is 0 Å². The van der Waals surface area contributed by atoms with Crippen LogP contribution in [0.2, 0.25) is 0 Å². The normalized spacial score (nSPS) is 10.4. The minimum Gasteiger partial charge on any atom is -0.478 e. The first-order chi connectivity index (χ1) is 6.91. The summed E-state index contributed by atoms with van der Waals surface area (Å²) in [7, 11) is 0. The van der Waals surface area contributed by atoms with Crippen LogP contribution in [0.4, 0.5) is 14.5 Å². The topological polar surface area (TPSA) is 72.6 Å². The molecule has 82 valence electrons. The fourth-order valence-electron chi connectivity index (χ4n) is 0.929.